The molecule has 4 heteroatoms. The summed E-state index contributed by atoms with van der Waals surface area (Å²) in [7, 11) is 0. The number of nitrogens with zero attached hydrogens (tertiary/aromatic N) is 2. The summed E-state index contributed by atoms with van der Waals surface area (Å²) < 4.78 is 14.6. The predicted octanol–water partition coefficient (Wildman–Crippen LogP) is 7.52. The molecule has 0 radical (unpaired) electrons. The second-order valence-corrected chi connectivity index (χ2v) is 9.53. The van der Waals surface area contributed by atoms with E-state index in [0.717, 1.165) is 47.7 Å². The SMILES string of the molecule is Cc1cc(C)cc(OCCCCn2c(COc3cc(C)ccc3C(C)C)nc3ccccc32)c1. The van der Waals surface area contributed by atoms with Crippen LogP contribution in [0, 0.1) is 20.8 Å². The molecule has 3 aromatic carbocycles. The second-order valence-electron chi connectivity index (χ2n) is 9.53. The third-order valence-electron chi connectivity index (χ3n) is 6.12. The Labute approximate surface area is 203 Å². The molecular weight excluding hydrogens is 420 g/mol. The Balaban J connectivity index is 1.43. The largest absolute Gasteiger partial charge is 0.494 e. The summed E-state index contributed by atoms with van der Waals surface area (Å²) >= 11 is 0. The highest BCUT2D eigenvalue weighted by Gasteiger charge is 2.13. The molecule has 34 heavy (non-hydrogen) atoms. The topological polar surface area (TPSA) is 36.3 Å². The van der Waals surface area contributed by atoms with Gasteiger partial charge in [0.25, 0.3) is 0 Å². The summed E-state index contributed by atoms with van der Waals surface area (Å²) in [6.45, 7) is 12.8. The Kier molecular flexibility index (Phi) is 7.56. The number of hydrogen-bond donors (Lipinski definition) is 0. The van der Waals surface area contributed by atoms with E-state index in [2.05, 4.69) is 93.8 Å². The van der Waals surface area contributed by atoms with Crippen molar-refractivity contribution in [2.75, 3.05) is 6.61 Å². The molecule has 178 valence electrons. The van der Waals surface area contributed by atoms with Crippen molar-refractivity contribution < 1.29 is 9.47 Å². The lowest BCUT2D eigenvalue weighted by Gasteiger charge is -2.16. The zero-order valence-corrected chi connectivity index (χ0v) is 21.1. The summed E-state index contributed by atoms with van der Waals surface area (Å²) in [5.74, 6) is 3.29. The van der Waals surface area contributed by atoms with Gasteiger partial charge in [-0.05, 0) is 92.1 Å². The maximum atomic E-state index is 6.34. The van der Waals surface area contributed by atoms with Crippen LogP contribution in [0.2, 0.25) is 0 Å². The quantitative estimate of drug-likeness (QED) is 0.232. The van der Waals surface area contributed by atoms with Crippen LogP contribution in [0.1, 0.15) is 60.7 Å². The number of benzene rings is 3. The number of rotatable bonds is 10. The first-order valence-corrected chi connectivity index (χ1v) is 12.3. The van der Waals surface area contributed by atoms with Crippen LogP contribution in [0.5, 0.6) is 11.5 Å². The van der Waals surface area contributed by atoms with Gasteiger partial charge in [-0.2, -0.15) is 0 Å². The van der Waals surface area contributed by atoms with Crippen molar-refractivity contribution in [1.29, 1.82) is 0 Å². The average molecular weight is 457 g/mol. The number of hydrogen-bond acceptors (Lipinski definition) is 3. The van der Waals surface area contributed by atoms with Gasteiger partial charge in [0.1, 0.15) is 23.9 Å². The van der Waals surface area contributed by atoms with E-state index < -0.39 is 0 Å². The van der Waals surface area contributed by atoms with Crippen LogP contribution in [0.25, 0.3) is 11.0 Å². The van der Waals surface area contributed by atoms with Crippen molar-refractivity contribution >= 4 is 11.0 Å². The zero-order valence-electron chi connectivity index (χ0n) is 21.1. The van der Waals surface area contributed by atoms with Crippen LogP contribution in [0.4, 0.5) is 0 Å². The number of ether oxygens (including phenoxy) is 2. The van der Waals surface area contributed by atoms with Crippen LogP contribution in [0.3, 0.4) is 0 Å². The van der Waals surface area contributed by atoms with E-state index in [1.165, 1.54) is 22.3 Å². The molecule has 1 heterocycles. The van der Waals surface area contributed by atoms with Crippen molar-refractivity contribution in [2.24, 2.45) is 0 Å². The van der Waals surface area contributed by atoms with Gasteiger partial charge in [-0.1, -0.05) is 44.2 Å². The number of aryl methyl sites for hydroxylation is 4. The van der Waals surface area contributed by atoms with E-state index in [1.54, 1.807) is 0 Å². The Morgan fingerprint density at radius 2 is 1.59 bits per heavy atom. The van der Waals surface area contributed by atoms with Crippen LogP contribution < -0.4 is 9.47 Å². The van der Waals surface area contributed by atoms with E-state index in [1.807, 2.05) is 6.07 Å². The number of unbranched alkanes of at least 4 members (excludes halogenated alkanes) is 1. The highest BCUT2D eigenvalue weighted by atomic mass is 16.5. The molecule has 0 aliphatic rings. The molecule has 0 bridgehead atoms. The first kappa shape index (κ1) is 23.9. The van der Waals surface area contributed by atoms with Crippen molar-refractivity contribution in [2.45, 2.75) is 66.5 Å². The molecular formula is C30H36N2O2. The fourth-order valence-corrected chi connectivity index (χ4v) is 4.45. The molecule has 4 nitrogen and oxygen atoms in total. The standard InChI is InChI=1S/C30H36N2O2/c1-21(2)26-13-12-22(3)19-29(26)34-20-30-31-27-10-6-7-11-28(27)32(30)14-8-9-15-33-25-17-23(4)16-24(5)18-25/h6-7,10-13,16-19,21H,8-9,14-15,20H2,1-5H3. The van der Waals surface area contributed by atoms with E-state index in [-0.39, 0.29) is 0 Å². The maximum Gasteiger partial charge on any atom is 0.147 e. The lowest BCUT2D eigenvalue weighted by Crippen LogP contribution is -2.09. The van der Waals surface area contributed by atoms with Crippen molar-refractivity contribution in [3.8, 4) is 11.5 Å². The molecule has 0 fully saturated rings. The van der Waals surface area contributed by atoms with Gasteiger partial charge < -0.3 is 14.0 Å². The summed E-state index contributed by atoms with van der Waals surface area (Å²) in [6.07, 6.45) is 2.00. The molecule has 1 aromatic heterocycles. The summed E-state index contributed by atoms with van der Waals surface area (Å²) in [6, 6.07) is 21.2. The van der Waals surface area contributed by atoms with Gasteiger partial charge in [0.05, 0.1) is 17.6 Å². The molecule has 4 rings (SSSR count). The molecule has 0 aliphatic heterocycles. The first-order valence-electron chi connectivity index (χ1n) is 12.3. The summed E-state index contributed by atoms with van der Waals surface area (Å²) in [5.41, 5.74) is 7.08. The van der Waals surface area contributed by atoms with Gasteiger partial charge >= 0.3 is 0 Å². The summed E-state index contributed by atoms with van der Waals surface area (Å²) in [4.78, 5) is 4.90. The van der Waals surface area contributed by atoms with Crippen molar-refractivity contribution in [1.82, 2.24) is 9.55 Å². The number of fused-ring (bicyclic) bond motifs is 1. The Hall–Kier alpha value is -3.27. The van der Waals surface area contributed by atoms with Crippen LogP contribution >= 0.6 is 0 Å². The van der Waals surface area contributed by atoms with Gasteiger partial charge in [0, 0.05) is 6.54 Å². The smallest absolute Gasteiger partial charge is 0.147 e. The Morgan fingerprint density at radius 1 is 0.824 bits per heavy atom. The van der Waals surface area contributed by atoms with Crippen molar-refractivity contribution in [3.63, 3.8) is 0 Å². The highest BCUT2D eigenvalue weighted by molar-refractivity contribution is 5.75. The molecule has 0 atom stereocenters. The molecule has 0 spiro atoms. The van der Waals surface area contributed by atoms with Crippen LogP contribution in [0.15, 0.2) is 60.7 Å². The third kappa shape index (κ3) is 5.80. The monoisotopic (exact) mass is 456 g/mol. The van der Waals surface area contributed by atoms with Crippen LogP contribution in [-0.4, -0.2) is 16.2 Å². The zero-order chi connectivity index (χ0) is 24.1. The second kappa shape index (κ2) is 10.8. The number of para-hydroxylation sites is 2. The van der Waals surface area contributed by atoms with Gasteiger partial charge in [-0.25, -0.2) is 4.98 Å². The van der Waals surface area contributed by atoms with Crippen molar-refractivity contribution in [3.05, 3.63) is 88.7 Å². The molecule has 0 saturated heterocycles. The van der Waals surface area contributed by atoms with Gasteiger partial charge in [-0.3, -0.25) is 0 Å². The van der Waals surface area contributed by atoms with E-state index >= 15 is 0 Å². The Morgan fingerprint density at radius 3 is 2.35 bits per heavy atom. The fraction of sp³-hybridized carbons (Fsp3) is 0.367. The van der Waals surface area contributed by atoms with E-state index in [4.69, 9.17) is 14.5 Å². The third-order valence-corrected chi connectivity index (χ3v) is 6.12. The normalized spacial score (nSPS) is 11.4. The number of aromatic nitrogens is 2. The average Bonchev–Trinajstić information content (AvgIpc) is 3.14. The lowest BCUT2D eigenvalue weighted by atomic mass is 10.0. The molecule has 0 aliphatic carbocycles. The predicted molar refractivity (Wildman–Crippen MR) is 140 cm³/mol. The summed E-state index contributed by atoms with van der Waals surface area (Å²) in [5, 5.41) is 0. The number of imidazole rings is 1. The minimum Gasteiger partial charge on any atom is -0.494 e. The van der Waals surface area contributed by atoms with Gasteiger partial charge in [0.15, 0.2) is 0 Å². The van der Waals surface area contributed by atoms with Gasteiger partial charge in [0.2, 0.25) is 0 Å². The highest BCUT2D eigenvalue weighted by Crippen LogP contribution is 2.28. The molecule has 0 unspecified atom stereocenters. The maximum absolute atomic E-state index is 6.34. The minimum atomic E-state index is 0.409. The first-order chi connectivity index (χ1) is 16.4. The fourth-order valence-electron chi connectivity index (χ4n) is 4.45. The minimum absolute atomic E-state index is 0.409. The van der Waals surface area contributed by atoms with E-state index in [0.29, 0.717) is 19.1 Å². The van der Waals surface area contributed by atoms with Gasteiger partial charge in [-0.15, -0.1) is 0 Å². The molecule has 0 saturated carbocycles. The molecule has 0 N–H and O–H groups in total. The lowest BCUT2D eigenvalue weighted by molar-refractivity contribution is 0.282. The molecule has 0 amide bonds. The molecule has 4 aromatic rings. The Bertz CT molecular complexity index is 1240. The van der Waals surface area contributed by atoms with Crippen LogP contribution in [-0.2, 0) is 13.2 Å². The van der Waals surface area contributed by atoms with E-state index in [9.17, 15) is 0 Å².